The Hall–Kier alpha value is -4.54. The van der Waals surface area contributed by atoms with E-state index in [0.717, 1.165) is 10.3 Å². The minimum Gasteiger partial charge on any atom is -0.504 e. The number of rotatable bonds is 10. The number of anilines is 1. The molecule has 2 fully saturated rings. The lowest BCUT2D eigenvalue weighted by atomic mass is 9.54. The van der Waals surface area contributed by atoms with E-state index in [-0.39, 0.29) is 68.3 Å². The Kier molecular flexibility index (Phi) is 11.4. The molecule has 51 heavy (non-hydrogen) atoms. The molecule has 0 atom stereocenters. The van der Waals surface area contributed by atoms with Crippen molar-refractivity contribution in [3.63, 3.8) is 0 Å². The highest BCUT2D eigenvalue weighted by Crippen LogP contribution is 2.61. The fourth-order valence-corrected chi connectivity index (χ4v) is 7.31. The normalized spacial score (nSPS) is 22.1. The molecule has 0 unspecified atom stereocenters. The summed E-state index contributed by atoms with van der Waals surface area (Å²) in [5.41, 5.74) is -1.98. The summed E-state index contributed by atoms with van der Waals surface area (Å²) in [5.74, 6) is -1.09. The van der Waals surface area contributed by atoms with Gasteiger partial charge in [-0.25, -0.2) is 24.6 Å². The number of alkyl halides is 3. The lowest BCUT2D eigenvalue weighted by molar-refractivity contribution is -0.274. The van der Waals surface area contributed by atoms with Crippen molar-refractivity contribution in [2.75, 3.05) is 44.3 Å². The number of hydrogen-bond acceptors (Lipinski definition) is 10. The average Bonchev–Trinajstić information content (AvgIpc) is 3.16. The van der Waals surface area contributed by atoms with E-state index in [9.17, 15) is 32.7 Å². The molecule has 2 amide bonds. The average molecular weight is 718 g/mol. The quantitative estimate of drug-likeness (QED) is 0.330. The number of carbonyl (C=O) groups excluding carboxylic acids is 2. The molecule has 278 valence electrons. The first-order chi connectivity index (χ1) is 24.3. The highest BCUT2D eigenvalue weighted by molar-refractivity contribution is 5.95. The minimum atomic E-state index is -4.40. The maximum absolute atomic E-state index is 14.6. The molecule has 3 N–H and O–H groups in total. The number of aromatic nitrogens is 6. The largest absolute Gasteiger partial charge is 0.504 e. The van der Waals surface area contributed by atoms with Gasteiger partial charge in [-0.2, -0.15) is 13.2 Å². The van der Waals surface area contributed by atoms with E-state index in [1.54, 1.807) is 25.7 Å². The van der Waals surface area contributed by atoms with Crippen molar-refractivity contribution in [1.82, 2.24) is 39.9 Å². The van der Waals surface area contributed by atoms with Crippen LogP contribution < -0.4 is 15.8 Å². The fourth-order valence-electron chi connectivity index (χ4n) is 7.31. The highest BCUT2D eigenvalue weighted by Gasteiger charge is 2.66. The number of H-pyrrole nitrogens is 1. The lowest BCUT2D eigenvalue weighted by Crippen LogP contribution is -2.66. The summed E-state index contributed by atoms with van der Waals surface area (Å²) >= 11 is 0. The van der Waals surface area contributed by atoms with Gasteiger partial charge in [0.15, 0.2) is 11.4 Å². The van der Waals surface area contributed by atoms with Gasteiger partial charge in [-0.15, -0.1) is 0 Å². The van der Waals surface area contributed by atoms with E-state index in [2.05, 4.69) is 30.4 Å². The summed E-state index contributed by atoms with van der Waals surface area (Å²) in [5, 5.41) is 16.3. The Morgan fingerprint density at radius 3 is 2.37 bits per heavy atom. The van der Waals surface area contributed by atoms with Gasteiger partial charge in [-0.05, 0) is 51.0 Å². The molecule has 4 heterocycles. The van der Waals surface area contributed by atoms with Gasteiger partial charge in [-0.1, -0.05) is 33.3 Å². The topological polar surface area (TPSA) is 171 Å². The Labute approximate surface area is 293 Å². The van der Waals surface area contributed by atoms with Crippen LogP contribution in [-0.2, 0) is 22.5 Å². The van der Waals surface area contributed by atoms with Crippen LogP contribution in [-0.4, -0.2) is 103 Å². The Morgan fingerprint density at radius 1 is 1.06 bits per heavy atom. The molecule has 1 saturated carbocycles. The molecular formula is C34H46F3N9O5. The van der Waals surface area contributed by atoms with E-state index in [4.69, 9.17) is 4.74 Å². The first kappa shape index (κ1) is 37.7. The van der Waals surface area contributed by atoms with E-state index in [1.165, 1.54) is 17.6 Å². The minimum absolute atomic E-state index is 0.0222. The molecule has 2 aromatic heterocycles. The SMILES string of the molecule is CCCC1(C(F)(F)F)CC(CC)(NC(=O)Cn2[nH]c(C3=CCOCC3)ncnc(CC)c(N3CCN(C(=O)c4ncnc(C)c4O)CC3)c2=O)C1. The number of nitrogens with one attached hydrogen (secondary N) is 2. The van der Waals surface area contributed by atoms with Crippen LogP contribution in [0.3, 0.4) is 0 Å². The van der Waals surface area contributed by atoms with Gasteiger partial charge in [0.2, 0.25) is 5.91 Å². The number of aromatic hydroxyl groups is 1. The third-order valence-corrected chi connectivity index (χ3v) is 10.1. The van der Waals surface area contributed by atoms with Crippen LogP contribution in [0.25, 0.3) is 5.57 Å². The van der Waals surface area contributed by atoms with Crippen molar-refractivity contribution < 1.29 is 32.6 Å². The fraction of sp³-hybridized carbons (Fsp3) is 0.618. The van der Waals surface area contributed by atoms with Gasteiger partial charge in [0, 0.05) is 31.7 Å². The van der Waals surface area contributed by atoms with E-state index >= 15 is 0 Å². The van der Waals surface area contributed by atoms with Crippen LogP contribution in [0.15, 0.2) is 23.5 Å². The number of hydrogen-bond donors (Lipinski definition) is 3. The maximum atomic E-state index is 14.6. The van der Waals surface area contributed by atoms with E-state index in [1.807, 2.05) is 13.0 Å². The summed E-state index contributed by atoms with van der Waals surface area (Å²) in [6, 6.07) is 0. The first-order valence-corrected chi connectivity index (χ1v) is 17.4. The molecule has 1 aliphatic carbocycles. The number of amides is 2. The van der Waals surface area contributed by atoms with Crippen molar-refractivity contribution >= 4 is 23.1 Å². The summed E-state index contributed by atoms with van der Waals surface area (Å²) in [6.45, 7) is 7.95. The molecule has 5 rings (SSSR count). The number of carbonyl (C=O) groups is 2. The third-order valence-electron chi connectivity index (χ3n) is 10.1. The van der Waals surface area contributed by atoms with Gasteiger partial charge in [0.05, 0.1) is 30.0 Å². The predicted octanol–water partition coefficient (Wildman–Crippen LogP) is 3.63. The Bertz CT molecular complexity index is 1760. The number of ether oxygens (including phenoxy) is 1. The monoisotopic (exact) mass is 717 g/mol. The standard InChI is InChI=1S/C34H46F3N9O5/c1-5-10-32(34(35,36)37)18-33(7-3,19-32)42-25(47)17-46-31(50)27(24(6-2)39-21-41-29(43-46)23-8-15-51-16-9-23)44-11-13-45(14-12-44)30(49)26-28(48)22(4)38-20-40-26/h8,20-21,48H,5-7,9-19H2,1-4H3,(H,42,47)(H,39,41,43). The molecule has 1 saturated heterocycles. The van der Waals surface area contributed by atoms with Crippen LogP contribution in [0.4, 0.5) is 18.9 Å². The Balaban J connectivity index is 1.49. The molecule has 0 bridgehead atoms. The molecular weight excluding hydrogens is 671 g/mol. The van der Waals surface area contributed by atoms with Crippen LogP contribution in [0.5, 0.6) is 5.75 Å². The second-order valence-corrected chi connectivity index (χ2v) is 13.4. The molecule has 17 heteroatoms. The van der Waals surface area contributed by atoms with Crippen molar-refractivity contribution in [3.8, 4) is 5.75 Å². The lowest BCUT2D eigenvalue weighted by Gasteiger charge is -2.57. The van der Waals surface area contributed by atoms with Gasteiger partial charge < -0.3 is 25.0 Å². The summed E-state index contributed by atoms with van der Waals surface area (Å²) in [7, 11) is 0. The maximum Gasteiger partial charge on any atom is 0.394 e. The van der Waals surface area contributed by atoms with E-state index in [0.29, 0.717) is 50.4 Å². The first-order valence-electron chi connectivity index (χ1n) is 17.4. The van der Waals surface area contributed by atoms with Gasteiger partial charge >= 0.3 is 6.18 Å². The number of piperazine rings is 1. The zero-order chi connectivity index (χ0) is 37.0. The molecule has 0 spiro atoms. The molecule has 2 aliphatic heterocycles. The Morgan fingerprint density at radius 2 is 1.76 bits per heavy atom. The smallest absolute Gasteiger partial charge is 0.394 e. The molecule has 14 nitrogen and oxygen atoms in total. The van der Waals surface area contributed by atoms with Crippen LogP contribution in [0.2, 0.25) is 0 Å². The second-order valence-electron chi connectivity index (χ2n) is 13.4. The van der Waals surface area contributed by atoms with Crippen molar-refractivity contribution in [2.24, 2.45) is 5.41 Å². The summed E-state index contributed by atoms with van der Waals surface area (Å²) in [6.07, 6.45) is 0.990. The van der Waals surface area contributed by atoms with Crippen LogP contribution in [0, 0.1) is 12.3 Å². The van der Waals surface area contributed by atoms with Crippen LogP contribution >= 0.6 is 0 Å². The van der Waals surface area contributed by atoms with E-state index < -0.39 is 41.0 Å². The van der Waals surface area contributed by atoms with Crippen molar-refractivity contribution in [2.45, 2.75) is 90.9 Å². The number of halogens is 3. The molecule has 0 radical (unpaired) electrons. The van der Waals surface area contributed by atoms with Crippen LogP contribution in [0.1, 0.15) is 87.0 Å². The number of aryl methyl sites for hydroxylation is 2. The summed E-state index contributed by atoms with van der Waals surface area (Å²) < 4.78 is 49.0. The van der Waals surface area contributed by atoms with Gasteiger partial charge in [0.25, 0.3) is 11.5 Å². The zero-order valence-electron chi connectivity index (χ0n) is 29.5. The zero-order valence-corrected chi connectivity index (χ0v) is 29.5. The van der Waals surface area contributed by atoms with Gasteiger partial charge in [0.1, 0.15) is 30.7 Å². The van der Waals surface area contributed by atoms with Crippen molar-refractivity contribution in [1.29, 1.82) is 0 Å². The molecule has 3 aliphatic rings. The van der Waals surface area contributed by atoms with Crippen molar-refractivity contribution in [3.05, 3.63) is 52.0 Å². The number of nitrogens with zero attached hydrogens (tertiary/aromatic N) is 7. The van der Waals surface area contributed by atoms with Gasteiger partial charge in [-0.3, -0.25) is 19.5 Å². The summed E-state index contributed by atoms with van der Waals surface area (Å²) in [4.78, 5) is 61.8. The highest BCUT2D eigenvalue weighted by atomic mass is 19.4. The molecule has 2 aromatic rings. The molecule has 0 aromatic carbocycles. The second kappa shape index (κ2) is 15.4. The number of aromatic amines is 1. The predicted molar refractivity (Wildman–Crippen MR) is 181 cm³/mol. The third kappa shape index (κ3) is 7.87.